The number of amidine groups is 1. The normalized spacial score (nSPS) is 15.2. The van der Waals surface area contributed by atoms with Crippen LogP contribution in [0.1, 0.15) is 28.7 Å². The van der Waals surface area contributed by atoms with Gasteiger partial charge in [0.15, 0.2) is 0 Å². The number of aryl methyl sites for hydroxylation is 1. The van der Waals surface area contributed by atoms with Gasteiger partial charge >= 0.3 is 0 Å². The minimum absolute atomic E-state index is 0.137. The van der Waals surface area contributed by atoms with Gasteiger partial charge in [0.1, 0.15) is 5.84 Å². The number of hydrogen-bond donors (Lipinski definition) is 2. The van der Waals surface area contributed by atoms with Crippen molar-refractivity contribution in [3.63, 3.8) is 0 Å². The molecule has 0 bridgehead atoms. The van der Waals surface area contributed by atoms with Gasteiger partial charge in [-0.15, -0.1) is 0 Å². The van der Waals surface area contributed by atoms with Gasteiger partial charge < -0.3 is 5.73 Å². The highest BCUT2D eigenvalue weighted by Gasteiger charge is 2.14. The van der Waals surface area contributed by atoms with E-state index in [9.17, 15) is 0 Å². The van der Waals surface area contributed by atoms with E-state index in [0.29, 0.717) is 0 Å². The number of nitrogens with one attached hydrogen (secondary N) is 1. The molecule has 1 aliphatic heterocycles. The van der Waals surface area contributed by atoms with Crippen LogP contribution >= 0.6 is 0 Å². The molecule has 3 N–H and O–H groups in total. The van der Waals surface area contributed by atoms with Crippen LogP contribution in [-0.2, 0) is 19.5 Å². The highest BCUT2D eigenvalue weighted by molar-refractivity contribution is 5.95. The van der Waals surface area contributed by atoms with Crippen molar-refractivity contribution in [2.24, 2.45) is 5.73 Å². The number of fused-ring (bicyclic) bond motifs is 1. The molecule has 0 amide bonds. The van der Waals surface area contributed by atoms with Crippen LogP contribution < -0.4 is 5.73 Å². The number of nitrogen functional groups attached to an aromatic ring is 1. The number of hydrogen-bond acceptors (Lipinski definition) is 2. The van der Waals surface area contributed by atoms with E-state index in [-0.39, 0.29) is 5.84 Å². The third-order valence-electron chi connectivity index (χ3n) is 4.08. The second-order valence-electron chi connectivity index (χ2n) is 5.70. The van der Waals surface area contributed by atoms with Crippen molar-refractivity contribution in [3.05, 3.63) is 70.8 Å². The fourth-order valence-corrected chi connectivity index (χ4v) is 3.00. The summed E-state index contributed by atoms with van der Waals surface area (Å²) < 4.78 is 0. The molecule has 108 valence electrons. The zero-order chi connectivity index (χ0) is 14.7. The first-order valence-electron chi connectivity index (χ1n) is 7.45. The maximum atomic E-state index is 7.55. The predicted octanol–water partition coefficient (Wildman–Crippen LogP) is 2.92. The lowest BCUT2D eigenvalue weighted by atomic mass is 10.0. The van der Waals surface area contributed by atoms with Crippen molar-refractivity contribution in [2.75, 3.05) is 6.54 Å². The second kappa shape index (κ2) is 6.10. The fraction of sp³-hybridized carbons (Fsp3) is 0.278. The molecule has 0 radical (unpaired) electrons. The Kier molecular flexibility index (Phi) is 4.02. The average Bonchev–Trinajstić information content (AvgIpc) is 2.69. The Morgan fingerprint density at radius 1 is 1.10 bits per heavy atom. The third kappa shape index (κ3) is 3.31. The minimum Gasteiger partial charge on any atom is -0.384 e. The lowest BCUT2D eigenvalue weighted by Crippen LogP contribution is -2.23. The first-order chi connectivity index (χ1) is 10.2. The predicted molar refractivity (Wildman–Crippen MR) is 86.3 cm³/mol. The van der Waals surface area contributed by atoms with Crippen molar-refractivity contribution in [3.8, 4) is 0 Å². The molecule has 0 aliphatic carbocycles. The summed E-state index contributed by atoms with van der Waals surface area (Å²) in [4.78, 5) is 2.48. The van der Waals surface area contributed by atoms with Crippen LogP contribution in [0.4, 0.5) is 0 Å². The summed E-state index contributed by atoms with van der Waals surface area (Å²) in [6, 6.07) is 16.8. The van der Waals surface area contributed by atoms with Crippen molar-refractivity contribution in [1.82, 2.24) is 4.90 Å². The summed E-state index contributed by atoms with van der Waals surface area (Å²) in [5, 5.41) is 7.55. The first kappa shape index (κ1) is 13.8. The average molecular weight is 279 g/mol. The molecule has 0 unspecified atom stereocenters. The Morgan fingerprint density at radius 3 is 2.71 bits per heavy atom. The smallest absolute Gasteiger partial charge is 0.122 e. The van der Waals surface area contributed by atoms with Crippen LogP contribution in [0.5, 0.6) is 0 Å². The highest BCUT2D eigenvalue weighted by Crippen LogP contribution is 2.20. The van der Waals surface area contributed by atoms with Gasteiger partial charge in [-0.05, 0) is 42.1 Å². The van der Waals surface area contributed by atoms with Crippen molar-refractivity contribution in [2.45, 2.75) is 25.9 Å². The zero-order valence-electron chi connectivity index (χ0n) is 12.2. The number of nitrogens with zero attached hydrogens (tertiary/aromatic N) is 1. The molecule has 21 heavy (non-hydrogen) atoms. The fourth-order valence-electron chi connectivity index (χ4n) is 3.00. The summed E-state index contributed by atoms with van der Waals surface area (Å²) >= 11 is 0. The van der Waals surface area contributed by atoms with Gasteiger partial charge in [-0.25, -0.2) is 0 Å². The molecular weight excluding hydrogens is 258 g/mol. The van der Waals surface area contributed by atoms with Crippen LogP contribution in [0.2, 0.25) is 0 Å². The van der Waals surface area contributed by atoms with Gasteiger partial charge in [-0.2, -0.15) is 0 Å². The topological polar surface area (TPSA) is 53.1 Å². The van der Waals surface area contributed by atoms with Gasteiger partial charge in [0.25, 0.3) is 0 Å². The molecule has 0 saturated heterocycles. The molecule has 3 heteroatoms. The Morgan fingerprint density at radius 2 is 1.90 bits per heavy atom. The maximum Gasteiger partial charge on any atom is 0.122 e. The van der Waals surface area contributed by atoms with Crippen molar-refractivity contribution in [1.29, 1.82) is 5.41 Å². The molecular formula is C18H21N3. The summed E-state index contributed by atoms with van der Waals surface area (Å²) in [6.07, 6.45) is 2.36. The Bertz CT molecular complexity index is 648. The third-order valence-corrected chi connectivity index (χ3v) is 4.08. The Labute approximate surface area is 125 Å². The largest absolute Gasteiger partial charge is 0.384 e. The summed E-state index contributed by atoms with van der Waals surface area (Å²) in [5.74, 6) is 0.137. The molecule has 3 nitrogen and oxygen atoms in total. The molecule has 0 fully saturated rings. The van der Waals surface area contributed by atoms with Crippen LogP contribution in [0.3, 0.4) is 0 Å². The van der Waals surface area contributed by atoms with E-state index in [1.807, 2.05) is 18.2 Å². The quantitative estimate of drug-likeness (QED) is 0.670. The van der Waals surface area contributed by atoms with Gasteiger partial charge in [0.2, 0.25) is 0 Å². The number of nitrogens with two attached hydrogens (primary N) is 1. The summed E-state index contributed by atoms with van der Waals surface area (Å²) in [7, 11) is 0. The maximum absolute atomic E-state index is 7.55. The summed E-state index contributed by atoms with van der Waals surface area (Å²) in [6.45, 7) is 3.02. The SMILES string of the molecule is N=C(N)c1cccc(CN2CCCc3ccccc3C2)c1. The van der Waals surface area contributed by atoms with E-state index in [1.165, 1.54) is 29.5 Å². The van der Waals surface area contributed by atoms with E-state index in [0.717, 1.165) is 25.2 Å². The minimum atomic E-state index is 0.137. The molecule has 1 heterocycles. The van der Waals surface area contributed by atoms with E-state index in [1.54, 1.807) is 0 Å². The van der Waals surface area contributed by atoms with Gasteiger partial charge in [-0.1, -0.05) is 42.5 Å². The van der Waals surface area contributed by atoms with Crippen molar-refractivity contribution >= 4 is 5.84 Å². The summed E-state index contributed by atoms with van der Waals surface area (Å²) in [5.41, 5.74) is 10.5. The monoisotopic (exact) mass is 279 g/mol. The van der Waals surface area contributed by atoms with Crippen LogP contribution in [0.25, 0.3) is 0 Å². The molecule has 0 saturated carbocycles. The van der Waals surface area contributed by atoms with Gasteiger partial charge in [0, 0.05) is 18.7 Å². The van der Waals surface area contributed by atoms with Crippen LogP contribution in [-0.4, -0.2) is 17.3 Å². The molecule has 2 aromatic carbocycles. The number of rotatable bonds is 3. The standard InChI is InChI=1S/C18H21N3/c19-18(20)16-8-3-5-14(11-16)12-21-10-4-9-15-6-1-2-7-17(15)13-21/h1-3,5-8,11H,4,9-10,12-13H2,(H3,19,20). The van der Waals surface area contributed by atoms with E-state index < -0.39 is 0 Å². The van der Waals surface area contributed by atoms with E-state index in [4.69, 9.17) is 11.1 Å². The van der Waals surface area contributed by atoms with Crippen molar-refractivity contribution < 1.29 is 0 Å². The van der Waals surface area contributed by atoms with Crippen LogP contribution in [0.15, 0.2) is 48.5 Å². The highest BCUT2D eigenvalue weighted by atomic mass is 15.1. The van der Waals surface area contributed by atoms with Gasteiger partial charge in [-0.3, -0.25) is 10.3 Å². The second-order valence-corrected chi connectivity index (χ2v) is 5.70. The zero-order valence-corrected chi connectivity index (χ0v) is 12.2. The molecule has 0 atom stereocenters. The van der Waals surface area contributed by atoms with E-state index >= 15 is 0 Å². The lowest BCUT2D eigenvalue weighted by Gasteiger charge is -2.20. The molecule has 0 aromatic heterocycles. The Balaban J connectivity index is 1.76. The van der Waals surface area contributed by atoms with Crippen LogP contribution in [0, 0.1) is 5.41 Å². The molecule has 3 rings (SSSR count). The first-order valence-corrected chi connectivity index (χ1v) is 7.45. The molecule has 0 spiro atoms. The lowest BCUT2D eigenvalue weighted by molar-refractivity contribution is 0.261. The Hall–Kier alpha value is -2.13. The molecule has 1 aliphatic rings. The van der Waals surface area contributed by atoms with Gasteiger partial charge in [0.05, 0.1) is 0 Å². The number of benzene rings is 2. The van der Waals surface area contributed by atoms with E-state index in [2.05, 4.69) is 35.2 Å². The molecule has 2 aromatic rings.